The van der Waals surface area contributed by atoms with Crippen molar-refractivity contribution in [2.45, 2.75) is 6.54 Å². The van der Waals surface area contributed by atoms with Gasteiger partial charge in [0, 0.05) is 24.9 Å². The lowest BCUT2D eigenvalue weighted by Crippen LogP contribution is -2.19. The van der Waals surface area contributed by atoms with E-state index >= 15 is 0 Å². The molecular formula is C13H10N4O2. The van der Waals surface area contributed by atoms with Crippen LogP contribution in [0.1, 0.15) is 5.56 Å². The zero-order valence-electron chi connectivity index (χ0n) is 9.93. The van der Waals surface area contributed by atoms with Crippen LogP contribution >= 0.6 is 0 Å². The second-order valence-corrected chi connectivity index (χ2v) is 3.82. The van der Waals surface area contributed by atoms with E-state index in [4.69, 9.17) is 5.26 Å². The molecule has 0 saturated heterocycles. The van der Waals surface area contributed by atoms with Gasteiger partial charge in [-0.3, -0.25) is 10.1 Å². The van der Waals surface area contributed by atoms with E-state index in [1.807, 2.05) is 6.07 Å². The largest absolute Gasteiger partial charge is 0.328 e. The predicted molar refractivity (Wildman–Crippen MR) is 67.8 cm³/mol. The van der Waals surface area contributed by atoms with Crippen LogP contribution in [0, 0.1) is 21.6 Å². The molecule has 6 nitrogen and oxygen atoms in total. The van der Waals surface area contributed by atoms with Gasteiger partial charge in [0.05, 0.1) is 4.92 Å². The van der Waals surface area contributed by atoms with Gasteiger partial charge < -0.3 is 4.57 Å². The molecule has 0 atom stereocenters. The first-order valence-corrected chi connectivity index (χ1v) is 5.52. The predicted octanol–water partition coefficient (Wildman–Crippen LogP) is 1.83. The van der Waals surface area contributed by atoms with E-state index in [1.54, 1.807) is 41.2 Å². The molecule has 2 aromatic rings. The number of nitriles is 1. The highest BCUT2D eigenvalue weighted by atomic mass is 16.6. The molecule has 0 spiro atoms. The lowest BCUT2D eigenvalue weighted by molar-refractivity contribution is -0.384. The molecular weight excluding hydrogens is 244 g/mol. The van der Waals surface area contributed by atoms with Crippen LogP contribution in [0.4, 0.5) is 5.69 Å². The van der Waals surface area contributed by atoms with E-state index in [0.717, 1.165) is 5.56 Å². The summed E-state index contributed by atoms with van der Waals surface area (Å²) >= 11 is 0. The molecule has 94 valence electrons. The van der Waals surface area contributed by atoms with Gasteiger partial charge in [-0.15, -0.1) is 0 Å². The van der Waals surface area contributed by atoms with Gasteiger partial charge >= 0.3 is 0 Å². The van der Waals surface area contributed by atoms with Crippen LogP contribution in [0.5, 0.6) is 0 Å². The van der Waals surface area contributed by atoms with Gasteiger partial charge in [0.1, 0.15) is 5.49 Å². The van der Waals surface area contributed by atoms with E-state index in [1.165, 1.54) is 12.1 Å². The highest BCUT2D eigenvalue weighted by molar-refractivity contribution is 5.32. The first-order valence-electron chi connectivity index (χ1n) is 5.52. The Kier molecular flexibility index (Phi) is 3.69. The van der Waals surface area contributed by atoms with Crippen molar-refractivity contribution < 1.29 is 4.92 Å². The van der Waals surface area contributed by atoms with E-state index in [-0.39, 0.29) is 5.69 Å². The number of hydrogen-bond acceptors (Lipinski definition) is 4. The number of nitro benzene ring substituents is 1. The average Bonchev–Trinajstić information content (AvgIpc) is 2.42. The third-order valence-electron chi connectivity index (χ3n) is 2.58. The number of aromatic nitrogens is 1. The lowest BCUT2D eigenvalue weighted by atomic mass is 10.2. The molecule has 1 heterocycles. The summed E-state index contributed by atoms with van der Waals surface area (Å²) < 4.78 is 1.80. The maximum absolute atomic E-state index is 10.6. The van der Waals surface area contributed by atoms with Crippen molar-refractivity contribution in [2.75, 3.05) is 0 Å². The molecule has 0 bridgehead atoms. The Morgan fingerprint density at radius 2 is 2.00 bits per heavy atom. The zero-order valence-corrected chi connectivity index (χ0v) is 9.93. The second-order valence-electron chi connectivity index (χ2n) is 3.82. The number of nitrogens with zero attached hydrogens (tertiary/aromatic N) is 4. The number of non-ortho nitro benzene ring substituents is 1. The van der Waals surface area contributed by atoms with Crippen LogP contribution in [0.25, 0.3) is 0 Å². The fourth-order valence-electron chi connectivity index (χ4n) is 1.67. The summed E-state index contributed by atoms with van der Waals surface area (Å²) in [6, 6.07) is 11.7. The minimum atomic E-state index is -0.435. The summed E-state index contributed by atoms with van der Waals surface area (Å²) in [6.45, 7) is 0.499. The molecule has 1 aromatic carbocycles. The summed E-state index contributed by atoms with van der Waals surface area (Å²) in [4.78, 5) is 13.8. The number of nitro groups is 1. The summed E-state index contributed by atoms with van der Waals surface area (Å²) in [5, 5.41) is 19.2. The molecule has 0 radical (unpaired) electrons. The van der Waals surface area contributed by atoms with Crippen LogP contribution in [-0.2, 0) is 6.54 Å². The van der Waals surface area contributed by atoms with Crippen molar-refractivity contribution >= 4 is 5.69 Å². The summed E-state index contributed by atoms with van der Waals surface area (Å²) in [5.74, 6) is 0. The molecule has 0 aliphatic heterocycles. The highest BCUT2D eigenvalue weighted by Gasteiger charge is 2.04. The second kappa shape index (κ2) is 5.60. The van der Waals surface area contributed by atoms with Crippen LogP contribution < -0.4 is 5.49 Å². The van der Waals surface area contributed by atoms with Crippen molar-refractivity contribution in [2.24, 2.45) is 4.99 Å². The van der Waals surface area contributed by atoms with Crippen LogP contribution in [0.3, 0.4) is 0 Å². The molecule has 2 rings (SSSR count). The summed E-state index contributed by atoms with van der Waals surface area (Å²) in [7, 11) is 0. The van der Waals surface area contributed by atoms with Crippen molar-refractivity contribution in [3.05, 3.63) is 69.8 Å². The van der Waals surface area contributed by atoms with Gasteiger partial charge in [-0.25, -0.2) is 0 Å². The Morgan fingerprint density at radius 1 is 1.26 bits per heavy atom. The Bertz CT molecular complexity index is 696. The average molecular weight is 254 g/mol. The van der Waals surface area contributed by atoms with Gasteiger partial charge in [-0.05, 0) is 17.7 Å². The normalized spacial score (nSPS) is 11.0. The Morgan fingerprint density at radius 3 is 2.63 bits per heavy atom. The minimum absolute atomic E-state index is 0.0590. The standard InChI is InChI=1S/C13H10N4O2/c14-10-15-13-3-1-2-8-16(13)9-11-4-6-12(7-5-11)17(18)19/h1-8H,9H2. The quantitative estimate of drug-likeness (QED) is 0.475. The summed E-state index contributed by atoms with van der Waals surface area (Å²) in [6.07, 6.45) is 3.55. The van der Waals surface area contributed by atoms with Crippen molar-refractivity contribution in [1.29, 1.82) is 5.26 Å². The van der Waals surface area contributed by atoms with E-state index in [9.17, 15) is 10.1 Å². The molecule has 19 heavy (non-hydrogen) atoms. The van der Waals surface area contributed by atoms with Crippen LogP contribution in [-0.4, -0.2) is 9.49 Å². The number of hydrogen-bond donors (Lipinski definition) is 0. The topological polar surface area (TPSA) is 84.2 Å². The molecule has 0 saturated carbocycles. The fourth-order valence-corrected chi connectivity index (χ4v) is 1.67. The van der Waals surface area contributed by atoms with Crippen molar-refractivity contribution in [3.8, 4) is 6.19 Å². The van der Waals surface area contributed by atoms with Crippen molar-refractivity contribution in [3.63, 3.8) is 0 Å². The lowest BCUT2D eigenvalue weighted by Gasteiger charge is -2.06. The molecule has 0 aliphatic rings. The number of rotatable bonds is 3. The smallest absolute Gasteiger partial charge is 0.269 e. The Balaban J connectivity index is 2.30. The molecule has 0 amide bonds. The molecule has 0 fully saturated rings. The SMILES string of the molecule is N#CN=c1ccccn1Cc1ccc([N+](=O)[O-])cc1. The van der Waals surface area contributed by atoms with Crippen molar-refractivity contribution in [1.82, 2.24) is 4.57 Å². The van der Waals surface area contributed by atoms with Gasteiger partial charge in [0.25, 0.3) is 5.69 Å². The van der Waals surface area contributed by atoms with Crippen LogP contribution in [0.15, 0.2) is 53.7 Å². The first kappa shape index (κ1) is 12.5. The molecule has 0 N–H and O–H groups in total. The van der Waals surface area contributed by atoms with Crippen LogP contribution in [0.2, 0.25) is 0 Å². The third-order valence-corrected chi connectivity index (χ3v) is 2.58. The maximum atomic E-state index is 10.6. The van der Waals surface area contributed by atoms with E-state index < -0.39 is 4.92 Å². The Hall–Kier alpha value is -2.94. The van der Waals surface area contributed by atoms with E-state index in [0.29, 0.717) is 12.0 Å². The molecule has 6 heteroatoms. The van der Waals surface area contributed by atoms with Gasteiger partial charge in [0.2, 0.25) is 6.19 Å². The van der Waals surface area contributed by atoms with Gasteiger partial charge in [-0.1, -0.05) is 18.2 Å². The number of benzene rings is 1. The molecule has 0 unspecified atom stereocenters. The highest BCUT2D eigenvalue weighted by Crippen LogP contribution is 2.12. The van der Waals surface area contributed by atoms with E-state index in [2.05, 4.69) is 4.99 Å². The monoisotopic (exact) mass is 254 g/mol. The fraction of sp³-hybridized carbons (Fsp3) is 0.0769. The number of pyridine rings is 1. The first-order chi connectivity index (χ1) is 9.20. The third kappa shape index (κ3) is 3.04. The Labute approximate surface area is 109 Å². The molecule has 1 aromatic heterocycles. The maximum Gasteiger partial charge on any atom is 0.269 e. The van der Waals surface area contributed by atoms with Gasteiger partial charge in [-0.2, -0.15) is 10.3 Å². The minimum Gasteiger partial charge on any atom is -0.328 e. The molecule has 0 aliphatic carbocycles. The zero-order chi connectivity index (χ0) is 13.7. The summed E-state index contributed by atoms with van der Waals surface area (Å²) in [5.41, 5.74) is 1.50. The van der Waals surface area contributed by atoms with Gasteiger partial charge in [0.15, 0.2) is 0 Å².